The molecule has 4 unspecified atom stereocenters. The van der Waals surface area contributed by atoms with Crippen LogP contribution in [0.5, 0.6) is 0 Å². The molecule has 0 aliphatic heterocycles. The predicted molar refractivity (Wildman–Crippen MR) is 77.8 cm³/mol. The standard InChI is InChI=1S/C15H20O9/c1-7-13(24-23-12(6)19)15(22-11(5)18)14(21-10(4)17)8(2)20-9(3)16/h1,8,13-15H,2-6H3. The van der Waals surface area contributed by atoms with Crippen molar-refractivity contribution in [3.05, 3.63) is 0 Å². The van der Waals surface area contributed by atoms with Crippen LogP contribution >= 0.6 is 0 Å². The Bertz CT molecular complexity index is 520. The minimum absolute atomic E-state index is 0.653. The third kappa shape index (κ3) is 8.14. The maximum Gasteiger partial charge on any atom is 0.339 e. The van der Waals surface area contributed by atoms with Gasteiger partial charge in [0.05, 0.1) is 0 Å². The van der Waals surface area contributed by atoms with E-state index in [0.29, 0.717) is 0 Å². The zero-order chi connectivity index (χ0) is 18.9. The van der Waals surface area contributed by atoms with Gasteiger partial charge in [0.1, 0.15) is 6.10 Å². The van der Waals surface area contributed by atoms with Gasteiger partial charge in [-0.1, -0.05) is 5.92 Å². The molecule has 0 fully saturated rings. The fourth-order valence-corrected chi connectivity index (χ4v) is 1.74. The van der Waals surface area contributed by atoms with Crippen molar-refractivity contribution in [2.45, 2.75) is 59.0 Å². The number of carbonyl (C=O) groups is 4. The van der Waals surface area contributed by atoms with E-state index >= 15 is 0 Å². The van der Waals surface area contributed by atoms with Crippen molar-refractivity contribution >= 4 is 23.9 Å². The number of hydrogen-bond donors (Lipinski definition) is 0. The van der Waals surface area contributed by atoms with E-state index in [0.717, 1.165) is 27.7 Å². The van der Waals surface area contributed by atoms with Gasteiger partial charge in [-0.25, -0.2) is 4.79 Å². The van der Waals surface area contributed by atoms with Crippen LogP contribution in [0, 0.1) is 12.3 Å². The molecule has 0 heterocycles. The predicted octanol–water partition coefficient (Wildman–Crippen LogP) is 0.298. The molecule has 0 bridgehead atoms. The van der Waals surface area contributed by atoms with E-state index in [1.54, 1.807) is 0 Å². The van der Waals surface area contributed by atoms with Gasteiger partial charge in [-0.2, -0.15) is 4.89 Å². The van der Waals surface area contributed by atoms with E-state index in [1.165, 1.54) is 6.92 Å². The SMILES string of the molecule is C#CC(OOC(C)=O)C(OC(C)=O)C(OC(C)=O)C(C)OC(C)=O. The Morgan fingerprint density at radius 3 is 1.62 bits per heavy atom. The molecule has 0 aromatic heterocycles. The third-order valence-electron chi connectivity index (χ3n) is 2.47. The van der Waals surface area contributed by atoms with E-state index in [9.17, 15) is 19.2 Å². The van der Waals surface area contributed by atoms with Crippen LogP contribution < -0.4 is 0 Å². The molecular weight excluding hydrogens is 324 g/mol. The second-order valence-electron chi connectivity index (χ2n) is 4.72. The Balaban J connectivity index is 5.58. The molecule has 0 rings (SSSR count). The summed E-state index contributed by atoms with van der Waals surface area (Å²) in [5, 5.41) is 0. The van der Waals surface area contributed by atoms with Gasteiger partial charge in [0.25, 0.3) is 0 Å². The molecule has 0 saturated heterocycles. The molecule has 134 valence electrons. The quantitative estimate of drug-likeness (QED) is 0.201. The average molecular weight is 344 g/mol. The Morgan fingerprint density at radius 2 is 1.25 bits per heavy atom. The summed E-state index contributed by atoms with van der Waals surface area (Å²) in [6.07, 6.45) is 0.207. The molecule has 0 aromatic rings. The van der Waals surface area contributed by atoms with Crippen LogP contribution in [-0.2, 0) is 43.2 Å². The molecule has 0 aromatic carbocycles. The number of terminal acetylenes is 1. The lowest BCUT2D eigenvalue weighted by Gasteiger charge is -2.31. The molecule has 4 atom stereocenters. The first-order chi connectivity index (χ1) is 11.1. The molecule has 9 heteroatoms. The number of hydrogen-bond acceptors (Lipinski definition) is 9. The van der Waals surface area contributed by atoms with E-state index in [2.05, 4.69) is 10.8 Å². The molecule has 24 heavy (non-hydrogen) atoms. The van der Waals surface area contributed by atoms with Crippen molar-refractivity contribution in [1.82, 2.24) is 0 Å². The summed E-state index contributed by atoms with van der Waals surface area (Å²) in [4.78, 5) is 53.8. The fourth-order valence-electron chi connectivity index (χ4n) is 1.74. The van der Waals surface area contributed by atoms with Gasteiger partial charge in [-0.05, 0) is 6.92 Å². The van der Waals surface area contributed by atoms with E-state index < -0.39 is 48.3 Å². The Kier molecular flexibility index (Phi) is 9.12. The summed E-state index contributed by atoms with van der Waals surface area (Å²) >= 11 is 0. The van der Waals surface area contributed by atoms with E-state index in [-0.39, 0.29) is 0 Å². The first kappa shape index (κ1) is 21.4. The normalized spacial score (nSPS) is 15.0. The van der Waals surface area contributed by atoms with Gasteiger partial charge >= 0.3 is 23.9 Å². The average Bonchev–Trinajstić information content (AvgIpc) is 2.42. The topological polar surface area (TPSA) is 114 Å². The second kappa shape index (κ2) is 10.2. The minimum atomic E-state index is -1.40. The Labute approximate surface area is 139 Å². The molecule has 0 aliphatic carbocycles. The van der Waals surface area contributed by atoms with Crippen molar-refractivity contribution in [2.24, 2.45) is 0 Å². The Morgan fingerprint density at radius 1 is 0.792 bits per heavy atom. The summed E-state index contributed by atoms with van der Waals surface area (Å²) < 4.78 is 15.0. The highest BCUT2D eigenvalue weighted by molar-refractivity contribution is 5.68. The van der Waals surface area contributed by atoms with Crippen molar-refractivity contribution in [3.8, 4) is 12.3 Å². The molecule has 0 saturated carbocycles. The van der Waals surface area contributed by atoms with Crippen molar-refractivity contribution in [3.63, 3.8) is 0 Å². The van der Waals surface area contributed by atoms with Crippen LogP contribution in [0.15, 0.2) is 0 Å². The lowest BCUT2D eigenvalue weighted by molar-refractivity contribution is -0.305. The lowest BCUT2D eigenvalue weighted by Crippen LogP contribution is -2.50. The highest BCUT2D eigenvalue weighted by atomic mass is 17.2. The maximum atomic E-state index is 11.3. The number of esters is 3. The maximum absolute atomic E-state index is 11.3. The molecule has 9 nitrogen and oxygen atoms in total. The number of ether oxygens (including phenoxy) is 3. The third-order valence-corrected chi connectivity index (χ3v) is 2.47. The first-order valence-corrected chi connectivity index (χ1v) is 6.90. The van der Waals surface area contributed by atoms with Crippen LogP contribution in [-0.4, -0.2) is 48.3 Å². The smallest absolute Gasteiger partial charge is 0.339 e. The van der Waals surface area contributed by atoms with Gasteiger partial charge < -0.3 is 14.2 Å². The van der Waals surface area contributed by atoms with Gasteiger partial charge in [-0.15, -0.1) is 6.42 Å². The van der Waals surface area contributed by atoms with Crippen LogP contribution in [0.25, 0.3) is 0 Å². The summed E-state index contributed by atoms with van der Waals surface area (Å²) in [6, 6.07) is 0. The highest BCUT2D eigenvalue weighted by Crippen LogP contribution is 2.19. The first-order valence-electron chi connectivity index (χ1n) is 6.90. The summed E-state index contributed by atoms with van der Waals surface area (Å²) in [6.45, 7) is 5.82. The molecular formula is C15H20O9. The van der Waals surface area contributed by atoms with Crippen molar-refractivity contribution < 1.29 is 43.2 Å². The molecule has 0 amide bonds. The minimum Gasteiger partial charge on any atom is -0.459 e. The number of rotatable bonds is 8. The fraction of sp³-hybridized carbons (Fsp3) is 0.600. The van der Waals surface area contributed by atoms with Gasteiger partial charge in [0.15, 0.2) is 12.2 Å². The second-order valence-corrected chi connectivity index (χ2v) is 4.72. The molecule has 0 N–H and O–H groups in total. The van der Waals surface area contributed by atoms with Crippen molar-refractivity contribution in [2.75, 3.05) is 0 Å². The molecule has 0 radical (unpaired) electrons. The summed E-state index contributed by atoms with van der Waals surface area (Å²) in [7, 11) is 0. The van der Waals surface area contributed by atoms with Gasteiger partial charge in [0.2, 0.25) is 6.10 Å². The van der Waals surface area contributed by atoms with E-state index in [4.69, 9.17) is 25.5 Å². The zero-order valence-corrected chi connectivity index (χ0v) is 14.1. The van der Waals surface area contributed by atoms with E-state index in [1.807, 2.05) is 0 Å². The number of carbonyl (C=O) groups excluding carboxylic acids is 4. The van der Waals surface area contributed by atoms with Crippen LogP contribution in [0.4, 0.5) is 0 Å². The van der Waals surface area contributed by atoms with Crippen LogP contribution in [0.3, 0.4) is 0 Å². The summed E-state index contributed by atoms with van der Waals surface area (Å²) in [5.41, 5.74) is 0. The van der Waals surface area contributed by atoms with Gasteiger partial charge in [0, 0.05) is 27.7 Å². The lowest BCUT2D eigenvalue weighted by atomic mass is 10.0. The molecule has 0 spiro atoms. The van der Waals surface area contributed by atoms with Crippen LogP contribution in [0.1, 0.15) is 34.6 Å². The van der Waals surface area contributed by atoms with Gasteiger partial charge in [-0.3, -0.25) is 19.3 Å². The largest absolute Gasteiger partial charge is 0.459 e. The summed E-state index contributed by atoms with van der Waals surface area (Å²) in [5.74, 6) is -0.836. The highest BCUT2D eigenvalue weighted by Gasteiger charge is 2.41. The molecule has 0 aliphatic rings. The Hall–Kier alpha value is -2.60. The monoisotopic (exact) mass is 344 g/mol. The van der Waals surface area contributed by atoms with Crippen molar-refractivity contribution in [1.29, 1.82) is 0 Å². The van der Waals surface area contributed by atoms with Crippen LogP contribution in [0.2, 0.25) is 0 Å². The zero-order valence-electron chi connectivity index (χ0n) is 14.1.